The van der Waals surface area contributed by atoms with Crippen molar-refractivity contribution in [2.75, 3.05) is 0 Å². The Bertz CT molecular complexity index is 666. The van der Waals surface area contributed by atoms with Crippen molar-refractivity contribution in [1.29, 1.82) is 0 Å². The highest BCUT2D eigenvalue weighted by Gasteiger charge is 2.07. The summed E-state index contributed by atoms with van der Waals surface area (Å²) in [4.78, 5) is 4.42. The highest BCUT2D eigenvalue weighted by atomic mass is 16.2. The van der Waals surface area contributed by atoms with Gasteiger partial charge in [-0.2, -0.15) is 0 Å². The molecule has 3 aromatic rings. The zero-order chi connectivity index (χ0) is 11.0. The molecule has 0 fully saturated rings. The van der Waals surface area contributed by atoms with Gasteiger partial charge in [-0.15, -0.1) is 0 Å². The van der Waals surface area contributed by atoms with Gasteiger partial charge < -0.3 is 5.02 Å². The third-order valence-electron chi connectivity index (χ3n) is 2.76. The van der Waals surface area contributed by atoms with Crippen molar-refractivity contribution in [3.63, 3.8) is 0 Å². The minimum absolute atomic E-state index is 0.620. The maximum Gasteiger partial charge on any atom is 0.349 e. The van der Waals surface area contributed by atoms with Crippen LogP contribution in [0.2, 0.25) is 0 Å². The molecule has 0 aliphatic rings. The van der Waals surface area contributed by atoms with E-state index in [2.05, 4.69) is 4.98 Å². The number of aromatic nitrogens is 1. The van der Waals surface area contributed by atoms with Crippen molar-refractivity contribution in [1.82, 2.24) is 4.98 Å². The van der Waals surface area contributed by atoms with Gasteiger partial charge in [0.25, 0.3) is 0 Å². The summed E-state index contributed by atoms with van der Waals surface area (Å²) < 4.78 is 0. The van der Waals surface area contributed by atoms with E-state index in [1.54, 1.807) is 0 Å². The number of fused-ring (bicyclic) bond motifs is 3. The second-order valence-electron chi connectivity index (χ2n) is 3.69. The molecule has 0 unspecified atom stereocenters. The van der Waals surface area contributed by atoms with E-state index in [0.29, 0.717) is 5.59 Å². The molecule has 1 radical (unpaired) electrons. The van der Waals surface area contributed by atoms with Crippen LogP contribution in [-0.4, -0.2) is 17.5 Å². The molecule has 0 aliphatic heterocycles. The largest absolute Gasteiger partial charge is 0.449 e. The van der Waals surface area contributed by atoms with Gasteiger partial charge >= 0.3 is 7.48 Å². The normalized spacial score (nSPS) is 10.8. The number of benzene rings is 2. The fourth-order valence-electron chi connectivity index (χ4n) is 2.03. The maximum absolute atomic E-state index is 9.21. The molecule has 0 atom stereocenters. The molecule has 2 aromatic carbocycles. The van der Waals surface area contributed by atoms with Crippen LogP contribution in [0.15, 0.2) is 48.5 Å². The lowest BCUT2D eigenvalue weighted by Gasteiger charge is -2.06. The van der Waals surface area contributed by atoms with Gasteiger partial charge in [-0.3, -0.25) is 4.98 Å². The molecule has 16 heavy (non-hydrogen) atoms. The second kappa shape index (κ2) is 3.61. The van der Waals surface area contributed by atoms with Gasteiger partial charge in [-0.25, -0.2) is 0 Å². The van der Waals surface area contributed by atoms with Crippen molar-refractivity contribution >= 4 is 34.8 Å². The zero-order valence-electron chi connectivity index (χ0n) is 8.59. The molecule has 0 bridgehead atoms. The van der Waals surface area contributed by atoms with Gasteiger partial charge in [0.1, 0.15) is 0 Å². The second-order valence-corrected chi connectivity index (χ2v) is 3.69. The zero-order valence-corrected chi connectivity index (χ0v) is 8.59. The summed E-state index contributed by atoms with van der Waals surface area (Å²) >= 11 is 0. The fourth-order valence-corrected chi connectivity index (χ4v) is 2.03. The van der Waals surface area contributed by atoms with Crippen LogP contribution in [-0.2, 0) is 0 Å². The average molecular weight is 206 g/mol. The number of hydrogen-bond donors (Lipinski definition) is 1. The topological polar surface area (TPSA) is 33.1 Å². The lowest BCUT2D eigenvalue weighted by Crippen LogP contribution is -2.19. The lowest BCUT2D eigenvalue weighted by molar-refractivity contribution is 0.614. The molecule has 1 N–H and O–H groups in total. The molecule has 0 aliphatic carbocycles. The predicted octanol–water partition coefficient (Wildman–Crippen LogP) is 1.62. The van der Waals surface area contributed by atoms with Crippen LogP contribution in [0.25, 0.3) is 21.7 Å². The molecular weight excluding hydrogens is 197 g/mol. The van der Waals surface area contributed by atoms with E-state index in [9.17, 15) is 5.02 Å². The Kier molecular flexibility index (Phi) is 2.12. The Balaban J connectivity index is 2.57. The first kappa shape index (κ1) is 9.37. The van der Waals surface area contributed by atoms with E-state index in [0.717, 1.165) is 29.2 Å². The monoisotopic (exact) mass is 206 g/mol. The Hall–Kier alpha value is -1.87. The molecule has 0 saturated heterocycles. The number of nitrogens with zero attached hydrogens (tertiary/aromatic N) is 1. The molecule has 0 spiro atoms. The Labute approximate surface area is 93.8 Å². The first-order valence-electron chi connectivity index (χ1n) is 5.15. The van der Waals surface area contributed by atoms with Crippen molar-refractivity contribution in [2.45, 2.75) is 0 Å². The van der Waals surface area contributed by atoms with Gasteiger partial charge in [0, 0.05) is 11.0 Å². The molecule has 3 rings (SSSR count). The summed E-state index contributed by atoms with van der Waals surface area (Å²) in [5.74, 6) is 0. The summed E-state index contributed by atoms with van der Waals surface area (Å²) in [6, 6.07) is 15.9. The van der Waals surface area contributed by atoms with E-state index < -0.39 is 0 Å². The van der Waals surface area contributed by atoms with Gasteiger partial charge in [-0.05, 0) is 16.8 Å². The smallest absolute Gasteiger partial charge is 0.349 e. The SMILES string of the molecule is O[B]c1nc2ccccc2c2ccccc12. The first-order chi connectivity index (χ1) is 7.90. The maximum atomic E-state index is 9.21. The van der Waals surface area contributed by atoms with Crippen molar-refractivity contribution < 1.29 is 5.02 Å². The number of para-hydroxylation sites is 1. The molecule has 1 aromatic heterocycles. The van der Waals surface area contributed by atoms with Crippen LogP contribution in [0.1, 0.15) is 0 Å². The summed E-state index contributed by atoms with van der Waals surface area (Å²) in [6.07, 6.45) is 0. The van der Waals surface area contributed by atoms with Crippen molar-refractivity contribution in [3.8, 4) is 0 Å². The van der Waals surface area contributed by atoms with Crippen molar-refractivity contribution in [3.05, 3.63) is 48.5 Å². The highest BCUT2D eigenvalue weighted by molar-refractivity contribution is 6.49. The van der Waals surface area contributed by atoms with Crippen LogP contribution in [0.3, 0.4) is 0 Å². The van der Waals surface area contributed by atoms with Gasteiger partial charge in [-0.1, -0.05) is 42.5 Å². The van der Waals surface area contributed by atoms with E-state index in [-0.39, 0.29) is 0 Å². The highest BCUT2D eigenvalue weighted by Crippen LogP contribution is 2.21. The number of hydrogen-bond acceptors (Lipinski definition) is 2. The summed E-state index contributed by atoms with van der Waals surface area (Å²) in [5.41, 5.74) is 1.52. The molecule has 3 heteroatoms. The standard InChI is InChI=1S/C13H9BNO/c16-14-13-11-7-2-1-5-9(11)10-6-3-4-8-12(10)15-13/h1-8,16H. The molecule has 2 nitrogen and oxygen atoms in total. The lowest BCUT2D eigenvalue weighted by atomic mass is 9.89. The van der Waals surface area contributed by atoms with E-state index >= 15 is 0 Å². The minimum Gasteiger partial charge on any atom is -0.449 e. The third kappa shape index (κ3) is 1.29. The Morgan fingerprint density at radius 3 is 2.19 bits per heavy atom. The fraction of sp³-hybridized carbons (Fsp3) is 0. The molecule has 1 heterocycles. The van der Waals surface area contributed by atoms with Crippen molar-refractivity contribution in [2.24, 2.45) is 0 Å². The molecular formula is C13H9BNO. The summed E-state index contributed by atoms with van der Waals surface area (Å²) in [7, 11) is 1.06. The van der Waals surface area contributed by atoms with E-state index in [4.69, 9.17) is 0 Å². The number of pyridine rings is 1. The average Bonchev–Trinajstić information content (AvgIpc) is 2.38. The van der Waals surface area contributed by atoms with Gasteiger partial charge in [0.2, 0.25) is 0 Å². The third-order valence-corrected chi connectivity index (χ3v) is 2.76. The van der Waals surface area contributed by atoms with Crippen LogP contribution < -0.4 is 5.59 Å². The Morgan fingerprint density at radius 1 is 0.812 bits per heavy atom. The van der Waals surface area contributed by atoms with Gasteiger partial charge in [0.05, 0.1) is 5.52 Å². The van der Waals surface area contributed by atoms with E-state index in [1.807, 2.05) is 48.5 Å². The predicted molar refractivity (Wildman–Crippen MR) is 66.9 cm³/mol. The molecule has 0 amide bonds. The molecule has 0 saturated carbocycles. The molecule has 75 valence electrons. The quantitative estimate of drug-likeness (QED) is 0.484. The first-order valence-corrected chi connectivity index (χ1v) is 5.15. The van der Waals surface area contributed by atoms with E-state index in [1.165, 1.54) is 0 Å². The van der Waals surface area contributed by atoms with Gasteiger partial charge in [0.15, 0.2) is 0 Å². The van der Waals surface area contributed by atoms with Crippen LogP contribution >= 0.6 is 0 Å². The number of rotatable bonds is 1. The van der Waals surface area contributed by atoms with Crippen LogP contribution in [0, 0.1) is 0 Å². The van der Waals surface area contributed by atoms with Crippen LogP contribution in [0.5, 0.6) is 0 Å². The summed E-state index contributed by atoms with van der Waals surface area (Å²) in [6.45, 7) is 0. The summed E-state index contributed by atoms with van der Waals surface area (Å²) in [5, 5.41) is 12.4. The Morgan fingerprint density at radius 2 is 1.44 bits per heavy atom. The van der Waals surface area contributed by atoms with Crippen LogP contribution in [0.4, 0.5) is 0 Å². The minimum atomic E-state index is 0.620.